The van der Waals surface area contributed by atoms with Gasteiger partial charge in [0.05, 0.1) is 5.41 Å². The topological polar surface area (TPSA) is 51.8 Å². The first-order valence-electron chi connectivity index (χ1n) is 18.0. The Morgan fingerprint density at radius 3 is 2.30 bits per heavy atom. The van der Waals surface area contributed by atoms with Crippen LogP contribution in [-0.2, 0) is 5.41 Å². The zero-order valence-electron chi connectivity index (χ0n) is 28.8. The Morgan fingerprint density at radius 2 is 1.36 bits per heavy atom. The van der Waals surface area contributed by atoms with Crippen molar-refractivity contribution in [3.63, 3.8) is 0 Å². The van der Waals surface area contributed by atoms with E-state index < -0.39 is 5.41 Å². The van der Waals surface area contributed by atoms with Crippen LogP contribution in [0.25, 0.3) is 81.2 Å². The Bertz CT molecular complexity index is 3100. The van der Waals surface area contributed by atoms with Gasteiger partial charge in [-0.2, -0.15) is 0 Å². The number of aromatic nitrogens is 3. The summed E-state index contributed by atoms with van der Waals surface area (Å²) in [5.74, 6) is 2.04. The summed E-state index contributed by atoms with van der Waals surface area (Å²) < 4.78 is 8.93. The molecule has 9 aromatic rings. The molecule has 2 aliphatic carbocycles. The van der Waals surface area contributed by atoms with E-state index in [2.05, 4.69) is 153 Å². The van der Waals surface area contributed by atoms with Crippen LogP contribution in [-0.4, -0.2) is 15.0 Å². The molecule has 0 spiro atoms. The summed E-state index contributed by atoms with van der Waals surface area (Å²) in [5, 5.41) is 7.00. The molecule has 53 heavy (non-hydrogen) atoms. The SMILES string of the molecule is CC1(c2nc(-c3ccc4c(c3)oc3ccccc34)nc(-c3cccc4ccccc34)n2)C=C(c2cccc3c2sc2ccccc23)C=C2C=CC=CC21. The molecule has 6 aromatic carbocycles. The predicted octanol–water partition coefficient (Wildman–Crippen LogP) is 12.6. The van der Waals surface area contributed by atoms with E-state index in [1.54, 1.807) is 0 Å². The van der Waals surface area contributed by atoms with Gasteiger partial charge in [0.2, 0.25) is 0 Å². The van der Waals surface area contributed by atoms with Crippen molar-refractivity contribution in [2.45, 2.75) is 12.3 Å². The number of nitrogens with zero attached hydrogens (tertiary/aromatic N) is 3. The van der Waals surface area contributed by atoms with Crippen LogP contribution in [0.3, 0.4) is 0 Å². The molecular formula is C48H31N3OS. The van der Waals surface area contributed by atoms with Crippen molar-refractivity contribution in [1.29, 1.82) is 0 Å². The summed E-state index contributed by atoms with van der Waals surface area (Å²) in [6.45, 7) is 2.29. The van der Waals surface area contributed by atoms with E-state index in [1.165, 1.54) is 36.9 Å². The number of thiophene rings is 1. The maximum absolute atomic E-state index is 6.34. The van der Waals surface area contributed by atoms with Crippen molar-refractivity contribution in [2.75, 3.05) is 0 Å². The highest BCUT2D eigenvalue weighted by Crippen LogP contribution is 2.48. The van der Waals surface area contributed by atoms with Gasteiger partial charge in [0.15, 0.2) is 11.6 Å². The van der Waals surface area contributed by atoms with Gasteiger partial charge in [-0.3, -0.25) is 0 Å². The summed E-state index contributed by atoms with van der Waals surface area (Å²) in [5.41, 5.74) is 6.58. The number of hydrogen-bond acceptors (Lipinski definition) is 5. The fourth-order valence-corrected chi connectivity index (χ4v) is 9.60. The fraction of sp³-hybridized carbons (Fsp3) is 0.0625. The van der Waals surface area contributed by atoms with Gasteiger partial charge in [0.1, 0.15) is 17.0 Å². The highest BCUT2D eigenvalue weighted by atomic mass is 32.1. The molecule has 11 rings (SSSR count). The second kappa shape index (κ2) is 11.5. The van der Waals surface area contributed by atoms with E-state index in [0.29, 0.717) is 11.6 Å². The van der Waals surface area contributed by atoms with Gasteiger partial charge in [0.25, 0.3) is 0 Å². The molecule has 250 valence electrons. The van der Waals surface area contributed by atoms with E-state index in [0.717, 1.165) is 49.7 Å². The van der Waals surface area contributed by atoms with Gasteiger partial charge < -0.3 is 4.42 Å². The normalized spacial score (nSPS) is 18.2. The maximum atomic E-state index is 6.34. The Kier molecular flexibility index (Phi) is 6.58. The average Bonchev–Trinajstić information content (AvgIpc) is 3.78. The van der Waals surface area contributed by atoms with Crippen molar-refractivity contribution in [2.24, 2.45) is 5.92 Å². The molecule has 2 atom stereocenters. The lowest BCUT2D eigenvalue weighted by molar-refractivity contribution is 0.455. The molecule has 4 nitrogen and oxygen atoms in total. The molecule has 0 radical (unpaired) electrons. The Morgan fingerprint density at radius 1 is 0.623 bits per heavy atom. The zero-order chi connectivity index (χ0) is 35.1. The first kappa shape index (κ1) is 30.2. The van der Waals surface area contributed by atoms with Crippen LogP contribution in [0.4, 0.5) is 0 Å². The quantitative estimate of drug-likeness (QED) is 0.184. The lowest BCUT2D eigenvalue weighted by atomic mass is 9.66. The number of para-hydroxylation sites is 1. The minimum Gasteiger partial charge on any atom is -0.456 e. The van der Waals surface area contributed by atoms with E-state index in [4.69, 9.17) is 19.4 Å². The van der Waals surface area contributed by atoms with E-state index in [9.17, 15) is 0 Å². The van der Waals surface area contributed by atoms with Crippen LogP contribution >= 0.6 is 11.3 Å². The summed E-state index contributed by atoms with van der Waals surface area (Å²) >= 11 is 1.86. The zero-order valence-corrected chi connectivity index (χ0v) is 29.6. The fourth-order valence-electron chi connectivity index (χ4n) is 8.36. The number of rotatable bonds is 4. The van der Waals surface area contributed by atoms with Crippen molar-refractivity contribution >= 4 is 69.8 Å². The minimum atomic E-state index is -0.597. The van der Waals surface area contributed by atoms with E-state index in [-0.39, 0.29) is 5.92 Å². The minimum absolute atomic E-state index is 0.0336. The van der Waals surface area contributed by atoms with Gasteiger partial charge in [0, 0.05) is 48.0 Å². The number of furan rings is 1. The summed E-state index contributed by atoms with van der Waals surface area (Å²) in [6.07, 6.45) is 13.6. The smallest absolute Gasteiger partial charge is 0.164 e. The summed E-state index contributed by atoms with van der Waals surface area (Å²) in [6, 6.07) is 44.6. The van der Waals surface area contributed by atoms with Crippen molar-refractivity contribution in [3.05, 3.63) is 181 Å². The second-order valence-electron chi connectivity index (χ2n) is 14.2. The third-order valence-corrected chi connectivity index (χ3v) is 12.2. The highest BCUT2D eigenvalue weighted by Gasteiger charge is 2.41. The first-order chi connectivity index (χ1) is 26.1. The van der Waals surface area contributed by atoms with Crippen LogP contribution in [0.5, 0.6) is 0 Å². The molecule has 0 bridgehead atoms. The highest BCUT2D eigenvalue weighted by molar-refractivity contribution is 7.26. The van der Waals surface area contributed by atoms with Crippen molar-refractivity contribution < 1.29 is 4.42 Å². The monoisotopic (exact) mass is 697 g/mol. The summed E-state index contributed by atoms with van der Waals surface area (Å²) in [4.78, 5) is 16.0. The van der Waals surface area contributed by atoms with Gasteiger partial charge in [-0.25, -0.2) is 15.0 Å². The second-order valence-corrected chi connectivity index (χ2v) is 15.2. The number of benzene rings is 6. The third-order valence-electron chi connectivity index (χ3n) is 11.0. The van der Waals surface area contributed by atoms with Gasteiger partial charge in [-0.05, 0) is 58.7 Å². The molecule has 0 saturated heterocycles. The standard InChI is InChI=1S/C48H31N3OS/c1-48(28-32(26-30-13-3-7-21-40(30)48)34-18-11-19-38-37-17-6-9-23-43(37)53-44(34)38)47-50-45(31-24-25-36-35-16-5-8-22-41(35)52-42(36)27-31)49-46(51-47)39-20-10-14-29-12-2-4-15-33(29)39/h2-28,40H,1H3. The molecule has 3 heterocycles. The molecule has 0 saturated carbocycles. The molecular weight excluding hydrogens is 667 g/mol. The van der Waals surface area contributed by atoms with Crippen LogP contribution in [0.1, 0.15) is 18.3 Å². The molecule has 3 aromatic heterocycles. The lowest BCUT2D eigenvalue weighted by Gasteiger charge is -2.38. The Balaban J connectivity index is 1.16. The van der Waals surface area contributed by atoms with Gasteiger partial charge in [-0.1, -0.05) is 140 Å². The van der Waals surface area contributed by atoms with E-state index in [1.807, 2.05) is 29.5 Å². The summed E-state index contributed by atoms with van der Waals surface area (Å²) in [7, 11) is 0. The largest absolute Gasteiger partial charge is 0.456 e. The lowest BCUT2D eigenvalue weighted by Crippen LogP contribution is -2.35. The first-order valence-corrected chi connectivity index (χ1v) is 18.8. The average molecular weight is 698 g/mol. The number of allylic oxidation sites excluding steroid dienone is 8. The molecule has 2 unspecified atom stereocenters. The molecule has 0 amide bonds. The molecule has 0 aliphatic heterocycles. The van der Waals surface area contributed by atoms with Crippen molar-refractivity contribution in [1.82, 2.24) is 15.0 Å². The molecule has 0 N–H and O–H groups in total. The molecule has 0 fully saturated rings. The molecule has 5 heteroatoms. The Labute approximate surface area is 309 Å². The van der Waals surface area contributed by atoms with E-state index >= 15 is 0 Å². The van der Waals surface area contributed by atoms with Crippen molar-refractivity contribution in [3.8, 4) is 22.8 Å². The van der Waals surface area contributed by atoms with Crippen LogP contribution < -0.4 is 0 Å². The van der Waals surface area contributed by atoms with Crippen LogP contribution in [0, 0.1) is 5.92 Å². The molecule has 2 aliphatic rings. The van der Waals surface area contributed by atoms with Crippen LogP contribution in [0.15, 0.2) is 174 Å². The number of fused-ring (bicyclic) bond motifs is 8. The maximum Gasteiger partial charge on any atom is 0.164 e. The van der Waals surface area contributed by atoms with Gasteiger partial charge in [-0.15, -0.1) is 11.3 Å². The van der Waals surface area contributed by atoms with Crippen LogP contribution in [0.2, 0.25) is 0 Å². The van der Waals surface area contributed by atoms with Gasteiger partial charge >= 0.3 is 0 Å². The predicted molar refractivity (Wildman–Crippen MR) is 220 cm³/mol. The number of hydrogen-bond donors (Lipinski definition) is 0. The Hall–Kier alpha value is -6.43. The third kappa shape index (κ3) is 4.71.